The topological polar surface area (TPSA) is 88.5 Å². The first kappa shape index (κ1) is 13.9. The second-order valence-electron chi connectivity index (χ2n) is 3.62. The van der Waals surface area contributed by atoms with Crippen LogP contribution in [0.3, 0.4) is 0 Å². The Morgan fingerprint density at radius 1 is 1.45 bits per heavy atom. The molecule has 0 aliphatic carbocycles. The van der Waals surface area contributed by atoms with E-state index in [0.29, 0.717) is 5.13 Å². The molecule has 20 heavy (non-hydrogen) atoms. The van der Waals surface area contributed by atoms with Gasteiger partial charge >= 0.3 is 5.97 Å². The fraction of sp³-hybridized carbons (Fsp3) is 0.0833. The van der Waals surface area contributed by atoms with E-state index < -0.39 is 23.3 Å². The Morgan fingerprint density at radius 3 is 2.85 bits per heavy atom. The number of anilines is 1. The fourth-order valence-electron chi connectivity index (χ4n) is 1.35. The third-order valence-electron chi connectivity index (χ3n) is 2.22. The Morgan fingerprint density at radius 2 is 2.25 bits per heavy atom. The van der Waals surface area contributed by atoms with Gasteiger partial charge < -0.3 is 9.84 Å². The number of aromatic nitrogens is 1. The lowest BCUT2D eigenvalue weighted by Crippen LogP contribution is -2.20. The maximum Gasteiger partial charge on any atom is 0.338 e. The maximum absolute atomic E-state index is 13.4. The summed E-state index contributed by atoms with van der Waals surface area (Å²) in [5, 5.41) is 13.3. The molecule has 2 rings (SSSR count). The molecule has 1 amide bonds. The zero-order chi connectivity index (χ0) is 14.5. The Labute approximate surface area is 116 Å². The Balaban J connectivity index is 1.92. The zero-order valence-corrected chi connectivity index (χ0v) is 10.8. The summed E-state index contributed by atoms with van der Waals surface area (Å²) in [4.78, 5) is 26.0. The first-order valence-electron chi connectivity index (χ1n) is 5.41. The SMILES string of the molecule is O=C(COc1ccc(C(=O)O)c(F)c1)Nc1nccs1. The van der Waals surface area contributed by atoms with E-state index in [9.17, 15) is 14.0 Å². The second-order valence-corrected chi connectivity index (χ2v) is 4.52. The summed E-state index contributed by atoms with van der Waals surface area (Å²) >= 11 is 1.26. The van der Waals surface area contributed by atoms with Gasteiger partial charge in [-0.1, -0.05) is 0 Å². The van der Waals surface area contributed by atoms with E-state index in [1.807, 2.05) is 0 Å². The normalized spacial score (nSPS) is 10.1. The molecule has 0 unspecified atom stereocenters. The number of thiazole rings is 1. The molecule has 2 N–H and O–H groups in total. The molecule has 1 heterocycles. The highest BCUT2D eigenvalue weighted by molar-refractivity contribution is 7.13. The monoisotopic (exact) mass is 296 g/mol. The van der Waals surface area contributed by atoms with Crippen molar-refractivity contribution in [1.29, 1.82) is 0 Å². The van der Waals surface area contributed by atoms with Crippen LogP contribution in [0.15, 0.2) is 29.8 Å². The minimum atomic E-state index is -1.37. The highest BCUT2D eigenvalue weighted by atomic mass is 32.1. The summed E-state index contributed by atoms with van der Waals surface area (Å²) in [6.45, 7) is -0.328. The molecule has 1 aromatic heterocycles. The van der Waals surface area contributed by atoms with Crippen molar-refractivity contribution >= 4 is 28.3 Å². The summed E-state index contributed by atoms with van der Waals surface area (Å²) in [7, 11) is 0. The van der Waals surface area contributed by atoms with E-state index in [0.717, 1.165) is 12.1 Å². The number of hydrogen-bond acceptors (Lipinski definition) is 5. The van der Waals surface area contributed by atoms with Crippen molar-refractivity contribution in [2.45, 2.75) is 0 Å². The summed E-state index contributed by atoms with van der Waals surface area (Å²) in [5.41, 5.74) is -0.454. The molecule has 8 heteroatoms. The summed E-state index contributed by atoms with van der Waals surface area (Å²) in [5.74, 6) is -2.66. The number of aromatic carboxylic acids is 1. The Kier molecular flexibility index (Phi) is 4.26. The van der Waals surface area contributed by atoms with Crippen LogP contribution in [0.25, 0.3) is 0 Å². The van der Waals surface area contributed by atoms with Crippen molar-refractivity contribution in [2.24, 2.45) is 0 Å². The number of halogens is 1. The van der Waals surface area contributed by atoms with Gasteiger partial charge in [0.15, 0.2) is 11.7 Å². The number of nitrogens with zero attached hydrogens (tertiary/aromatic N) is 1. The molecule has 0 atom stereocenters. The third kappa shape index (κ3) is 3.51. The first-order valence-corrected chi connectivity index (χ1v) is 6.29. The molecule has 0 aliphatic rings. The van der Waals surface area contributed by atoms with E-state index in [2.05, 4.69) is 10.3 Å². The van der Waals surface area contributed by atoms with Crippen LogP contribution in [0.4, 0.5) is 9.52 Å². The molecule has 2 aromatic rings. The number of carbonyl (C=O) groups is 2. The van der Waals surface area contributed by atoms with Gasteiger partial charge in [0.2, 0.25) is 0 Å². The smallest absolute Gasteiger partial charge is 0.338 e. The van der Waals surface area contributed by atoms with Gasteiger partial charge in [0, 0.05) is 17.6 Å². The minimum Gasteiger partial charge on any atom is -0.484 e. The first-order chi connectivity index (χ1) is 9.56. The van der Waals surface area contributed by atoms with Crippen molar-refractivity contribution in [3.8, 4) is 5.75 Å². The van der Waals surface area contributed by atoms with Gasteiger partial charge in [-0.05, 0) is 12.1 Å². The molecule has 0 bridgehead atoms. The van der Waals surface area contributed by atoms with Gasteiger partial charge in [0.25, 0.3) is 5.91 Å². The van der Waals surface area contributed by atoms with E-state index in [4.69, 9.17) is 9.84 Å². The van der Waals surface area contributed by atoms with Crippen LogP contribution < -0.4 is 10.1 Å². The number of carboxylic acids is 1. The van der Waals surface area contributed by atoms with Crippen molar-refractivity contribution in [3.63, 3.8) is 0 Å². The lowest BCUT2D eigenvalue weighted by atomic mass is 10.2. The van der Waals surface area contributed by atoms with E-state index in [1.165, 1.54) is 17.4 Å². The molecule has 104 valence electrons. The average molecular weight is 296 g/mol. The quantitative estimate of drug-likeness (QED) is 0.881. The number of ether oxygens (including phenoxy) is 1. The number of hydrogen-bond donors (Lipinski definition) is 2. The molecule has 6 nitrogen and oxygen atoms in total. The van der Waals surface area contributed by atoms with Gasteiger partial charge in [-0.2, -0.15) is 0 Å². The van der Waals surface area contributed by atoms with Crippen molar-refractivity contribution in [2.75, 3.05) is 11.9 Å². The van der Waals surface area contributed by atoms with Crippen LogP contribution >= 0.6 is 11.3 Å². The number of amides is 1. The molecule has 0 saturated heterocycles. The van der Waals surface area contributed by atoms with Crippen LogP contribution in [0.5, 0.6) is 5.75 Å². The Hall–Kier alpha value is -2.48. The number of carbonyl (C=O) groups excluding carboxylic acids is 1. The van der Waals surface area contributed by atoms with Crippen molar-refractivity contribution in [3.05, 3.63) is 41.2 Å². The van der Waals surface area contributed by atoms with E-state index >= 15 is 0 Å². The number of benzene rings is 1. The third-order valence-corrected chi connectivity index (χ3v) is 2.91. The van der Waals surface area contributed by atoms with Crippen LogP contribution in [0.1, 0.15) is 10.4 Å². The predicted molar refractivity (Wildman–Crippen MR) is 69.6 cm³/mol. The van der Waals surface area contributed by atoms with Gasteiger partial charge in [0.1, 0.15) is 11.6 Å². The summed E-state index contributed by atoms with van der Waals surface area (Å²) in [6.07, 6.45) is 1.54. The lowest BCUT2D eigenvalue weighted by molar-refractivity contribution is -0.118. The lowest BCUT2D eigenvalue weighted by Gasteiger charge is -2.06. The molecule has 0 saturated carbocycles. The van der Waals surface area contributed by atoms with Crippen molar-refractivity contribution < 1.29 is 23.8 Å². The summed E-state index contributed by atoms with van der Waals surface area (Å²) < 4.78 is 18.4. The maximum atomic E-state index is 13.4. The predicted octanol–water partition coefficient (Wildman–Crippen LogP) is 2.00. The van der Waals surface area contributed by atoms with Crippen LogP contribution in [-0.4, -0.2) is 28.6 Å². The molecule has 0 radical (unpaired) electrons. The molecule has 0 aliphatic heterocycles. The molecule has 0 fully saturated rings. The van der Waals surface area contributed by atoms with Crippen LogP contribution in [-0.2, 0) is 4.79 Å². The number of rotatable bonds is 5. The van der Waals surface area contributed by atoms with E-state index in [-0.39, 0.29) is 12.4 Å². The van der Waals surface area contributed by atoms with Gasteiger partial charge in [-0.25, -0.2) is 14.2 Å². The van der Waals surface area contributed by atoms with Crippen LogP contribution in [0, 0.1) is 5.82 Å². The summed E-state index contributed by atoms with van der Waals surface area (Å²) in [6, 6.07) is 3.27. The van der Waals surface area contributed by atoms with Crippen LogP contribution in [0.2, 0.25) is 0 Å². The molecular formula is C12H9FN2O4S. The fourth-order valence-corrected chi connectivity index (χ4v) is 1.89. The largest absolute Gasteiger partial charge is 0.484 e. The number of nitrogens with one attached hydrogen (secondary N) is 1. The zero-order valence-electron chi connectivity index (χ0n) is 10.00. The highest BCUT2D eigenvalue weighted by Crippen LogP contribution is 2.17. The molecular weight excluding hydrogens is 287 g/mol. The standard InChI is InChI=1S/C12H9FN2O4S/c13-9-5-7(1-2-8(9)11(17)18)19-6-10(16)15-12-14-3-4-20-12/h1-5H,6H2,(H,17,18)(H,14,15,16). The second kappa shape index (κ2) is 6.11. The molecule has 1 aromatic carbocycles. The van der Waals surface area contributed by atoms with Crippen molar-refractivity contribution in [1.82, 2.24) is 4.98 Å². The van der Waals surface area contributed by atoms with E-state index in [1.54, 1.807) is 11.6 Å². The highest BCUT2D eigenvalue weighted by Gasteiger charge is 2.12. The van der Waals surface area contributed by atoms with Gasteiger partial charge in [0.05, 0.1) is 5.56 Å². The molecule has 0 spiro atoms. The van der Waals surface area contributed by atoms with Gasteiger partial charge in [-0.15, -0.1) is 11.3 Å². The average Bonchev–Trinajstić information content (AvgIpc) is 2.89. The Bertz CT molecular complexity index is 630. The van der Waals surface area contributed by atoms with Gasteiger partial charge in [-0.3, -0.25) is 10.1 Å². The minimum absolute atomic E-state index is 0.0711. The number of carboxylic acid groups (broad SMARTS) is 1.